The molecule has 6 heteroatoms. The van der Waals surface area contributed by atoms with Gasteiger partial charge >= 0.3 is 5.97 Å². The largest absolute Gasteiger partial charge is 0.496 e. The number of rotatable bonds is 8. The molecule has 0 aliphatic heterocycles. The molecule has 1 aromatic heterocycles. The molecule has 31 heavy (non-hydrogen) atoms. The maximum atomic E-state index is 12.3. The summed E-state index contributed by atoms with van der Waals surface area (Å²) in [5.74, 6) is -0.160. The van der Waals surface area contributed by atoms with Crippen molar-refractivity contribution in [3.8, 4) is 5.75 Å². The summed E-state index contributed by atoms with van der Waals surface area (Å²) in [6, 6.07) is 23.0. The molecule has 0 unspecified atom stereocenters. The topological polar surface area (TPSA) is 63.5 Å². The summed E-state index contributed by atoms with van der Waals surface area (Å²) in [7, 11) is 1.64. The third-order valence-electron chi connectivity index (χ3n) is 5.37. The Morgan fingerprint density at radius 3 is 2.39 bits per heavy atom. The molecule has 158 valence electrons. The van der Waals surface area contributed by atoms with Crippen LogP contribution in [0, 0.1) is 0 Å². The zero-order chi connectivity index (χ0) is 21.8. The van der Waals surface area contributed by atoms with Crippen LogP contribution in [0.25, 0.3) is 10.9 Å². The van der Waals surface area contributed by atoms with E-state index in [1.807, 2.05) is 77.4 Å². The molecular formula is C25H23ClN2O3. The monoisotopic (exact) mass is 434 g/mol. The SMILES string of the molecule is COc1ccccc1CNCc1c(C(=O)O)n(Cc2ccccc2Cl)c2ccccc12. The van der Waals surface area contributed by atoms with Gasteiger partial charge < -0.3 is 19.7 Å². The number of aromatic nitrogens is 1. The fourth-order valence-corrected chi connectivity index (χ4v) is 4.13. The summed E-state index contributed by atoms with van der Waals surface area (Å²) >= 11 is 6.36. The lowest BCUT2D eigenvalue weighted by Crippen LogP contribution is -2.17. The number of hydrogen-bond acceptors (Lipinski definition) is 3. The molecule has 0 aliphatic carbocycles. The van der Waals surface area contributed by atoms with Gasteiger partial charge in [-0.1, -0.05) is 66.2 Å². The highest BCUT2D eigenvalue weighted by Gasteiger charge is 2.22. The summed E-state index contributed by atoms with van der Waals surface area (Å²) in [4.78, 5) is 12.3. The Balaban J connectivity index is 1.70. The van der Waals surface area contributed by atoms with Gasteiger partial charge in [0.15, 0.2) is 0 Å². The van der Waals surface area contributed by atoms with Crippen LogP contribution < -0.4 is 10.1 Å². The number of nitrogens with one attached hydrogen (secondary N) is 1. The smallest absolute Gasteiger partial charge is 0.352 e. The summed E-state index contributed by atoms with van der Waals surface area (Å²) in [6.07, 6.45) is 0. The highest BCUT2D eigenvalue weighted by atomic mass is 35.5. The Morgan fingerprint density at radius 2 is 1.65 bits per heavy atom. The van der Waals surface area contributed by atoms with Crippen LogP contribution in [0.4, 0.5) is 0 Å². The van der Waals surface area contributed by atoms with E-state index in [1.54, 1.807) is 7.11 Å². The van der Waals surface area contributed by atoms with Crippen LogP contribution in [0.5, 0.6) is 5.75 Å². The van der Waals surface area contributed by atoms with E-state index >= 15 is 0 Å². The van der Waals surface area contributed by atoms with Gasteiger partial charge in [-0.2, -0.15) is 0 Å². The summed E-state index contributed by atoms with van der Waals surface area (Å²) in [5.41, 5.74) is 3.79. The van der Waals surface area contributed by atoms with Gasteiger partial charge in [-0.05, 0) is 23.8 Å². The minimum Gasteiger partial charge on any atom is -0.496 e. The number of carboxylic acid groups (broad SMARTS) is 1. The van der Waals surface area contributed by atoms with Crippen molar-refractivity contribution >= 4 is 28.5 Å². The zero-order valence-electron chi connectivity index (χ0n) is 17.1. The Kier molecular flexibility index (Phi) is 6.26. The van der Waals surface area contributed by atoms with Gasteiger partial charge in [0.2, 0.25) is 0 Å². The minimum atomic E-state index is -0.961. The normalized spacial score (nSPS) is 11.0. The molecule has 0 spiro atoms. The molecule has 3 aromatic carbocycles. The number of carbonyl (C=O) groups is 1. The van der Waals surface area contributed by atoms with Crippen LogP contribution in [-0.2, 0) is 19.6 Å². The highest BCUT2D eigenvalue weighted by Crippen LogP contribution is 2.29. The highest BCUT2D eigenvalue weighted by molar-refractivity contribution is 6.31. The number of methoxy groups -OCH3 is 1. The van der Waals surface area contributed by atoms with Crippen LogP contribution in [0.2, 0.25) is 5.02 Å². The molecule has 0 saturated carbocycles. The first-order valence-electron chi connectivity index (χ1n) is 9.99. The maximum Gasteiger partial charge on any atom is 0.352 e. The van der Waals surface area contributed by atoms with Crippen LogP contribution in [-0.4, -0.2) is 22.8 Å². The lowest BCUT2D eigenvalue weighted by molar-refractivity contribution is 0.0684. The van der Waals surface area contributed by atoms with E-state index < -0.39 is 5.97 Å². The Bertz CT molecular complexity index is 1230. The fraction of sp³-hybridized carbons (Fsp3) is 0.160. The first-order valence-corrected chi connectivity index (χ1v) is 10.4. The van der Waals surface area contributed by atoms with E-state index in [4.69, 9.17) is 16.3 Å². The van der Waals surface area contributed by atoms with Crippen LogP contribution in [0.3, 0.4) is 0 Å². The number of hydrogen-bond donors (Lipinski definition) is 2. The number of halogens is 1. The minimum absolute atomic E-state index is 0.272. The van der Waals surface area contributed by atoms with Crippen molar-refractivity contribution in [1.82, 2.24) is 9.88 Å². The maximum absolute atomic E-state index is 12.3. The van der Waals surface area contributed by atoms with Gasteiger partial charge in [-0.25, -0.2) is 4.79 Å². The molecule has 0 aliphatic rings. The molecule has 0 amide bonds. The molecule has 1 heterocycles. The number of para-hydroxylation sites is 2. The van der Waals surface area contributed by atoms with E-state index in [0.29, 0.717) is 24.7 Å². The second kappa shape index (κ2) is 9.25. The standard InChI is InChI=1S/C25H23ClN2O3/c1-31-23-13-7-3-8-17(23)14-27-15-20-19-10-4-6-12-22(19)28(24(20)25(29)30)16-18-9-2-5-11-21(18)26/h2-13,27H,14-16H2,1H3,(H,29,30). The van der Waals surface area contributed by atoms with Gasteiger partial charge in [0.05, 0.1) is 7.11 Å². The van der Waals surface area contributed by atoms with E-state index in [1.165, 1.54) is 0 Å². The van der Waals surface area contributed by atoms with Crippen molar-refractivity contribution < 1.29 is 14.6 Å². The van der Waals surface area contributed by atoms with Crippen LogP contribution >= 0.6 is 11.6 Å². The van der Waals surface area contributed by atoms with Gasteiger partial charge in [-0.15, -0.1) is 0 Å². The number of benzene rings is 3. The average molecular weight is 435 g/mol. The van der Waals surface area contributed by atoms with Gasteiger partial charge in [0.25, 0.3) is 0 Å². The van der Waals surface area contributed by atoms with Gasteiger partial charge in [0, 0.05) is 46.7 Å². The summed E-state index contributed by atoms with van der Waals surface area (Å²) in [5, 5.41) is 15.0. The lowest BCUT2D eigenvalue weighted by Gasteiger charge is -2.12. The molecule has 5 nitrogen and oxygen atoms in total. The van der Waals surface area contributed by atoms with E-state index in [0.717, 1.165) is 33.3 Å². The molecule has 4 aromatic rings. The third-order valence-corrected chi connectivity index (χ3v) is 5.74. The Morgan fingerprint density at radius 1 is 0.968 bits per heavy atom. The Hall–Kier alpha value is -3.28. The summed E-state index contributed by atoms with van der Waals surface area (Å²) in [6.45, 7) is 1.36. The fourth-order valence-electron chi connectivity index (χ4n) is 3.93. The second-order valence-electron chi connectivity index (χ2n) is 7.24. The van der Waals surface area contributed by atoms with Gasteiger partial charge in [0.1, 0.15) is 11.4 Å². The van der Waals surface area contributed by atoms with E-state index in [-0.39, 0.29) is 5.69 Å². The van der Waals surface area contributed by atoms with Crippen LogP contribution in [0.15, 0.2) is 72.8 Å². The van der Waals surface area contributed by atoms with Crippen molar-refractivity contribution in [3.63, 3.8) is 0 Å². The molecule has 0 fully saturated rings. The molecule has 0 radical (unpaired) electrons. The first-order chi connectivity index (χ1) is 15.1. The number of ether oxygens (including phenoxy) is 1. The molecule has 0 atom stereocenters. The van der Waals surface area contributed by atoms with Crippen molar-refractivity contribution in [3.05, 3.63) is 100 Å². The summed E-state index contributed by atoms with van der Waals surface area (Å²) < 4.78 is 7.24. The quantitative estimate of drug-likeness (QED) is 0.393. The van der Waals surface area contributed by atoms with Crippen LogP contribution in [0.1, 0.15) is 27.2 Å². The number of aromatic carboxylic acids is 1. The molecule has 0 bridgehead atoms. The lowest BCUT2D eigenvalue weighted by atomic mass is 10.1. The van der Waals surface area contributed by atoms with Crippen molar-refractivity contribution in [2.24, 2.45) is 0 Å². The molecule has 2 N–H and O–H groups in total. The number of nitrogens with zero attached hydrogens (tertiary/aromatic N) is 1. The predicted octanol–water partition coefficient (Wildman–Crippen LogP) is 5.34. The van der Waals surface area contributed by atoms with Gasteiger partial charge in [-0.3, -0.25) is 0 Å². The average Bonchev–Trinajstić information content (AvgIpc) is 3.09. The molecule has 0 saturated heterocycles. The predicted molar refractivity (Wildman–Crippen MR) is 123 cm³/mol. The Labute approximate surface area is 185 Å². The molecule has 4 rings (SSSR count). The third kappa shape index (κ3) is 4.29. The second-order valence-corrected chi connectivity index (χ2v) is 7.65. The first kappa shape index (κ1) is 21.0. The van der Waals surface area contributed by atoms with Crippen molar-refractivity contribution in [2.45, 2.75) is 19.6 Å². The van der Waals surface area contributed by atoms with Crippen molar-refractivity contribution in [1.29, 1.82) is 0 Å². The van der Waals surface area contributed by atoms with E-state index in [2.05, 4.69) is 5.32 Å². The zero-order valence-corrected chi connectivity index (χ0v) is 17.9. The number of carboxylic acids is 1. The number of fused-ring (bicyclic) bond motifs is 1. The van der Waals surface area contributed by atoms with E-state index in [9.17, 15) is 9.90 Å². The molecular weight excluding hydrogens is 412 g/mol. The van der Waals surface area contributed by atoms with Crippen molar-refractivity contribution in [2.75, 3.05) is 7.11 Å².